The van der Waals surface area contributed by atoms with Crippen LogP contribution in [0.15, 0.2) is 78.9 Å². The van der Waals surface area contributed by atoms with Crippen molar-refractivity contribution in [2.24, 2.45) is 0 Å². The molecule has 9 heteroatoms. The second-order valence-electron chi connectivity index (χ2n) is 8.66. The van der Waals surface area contributed by atoms with Gasteiger partial charge in [0.05, 0.1) is 29.2 Å². The first kappa shape index (κ1) is 25.2. The van der Waals surface area contributed by atoms with Gasteiger partial charge in [0.2, 0.25) is 10.0 Å². The number of carbonyl (C=O) groups is 2. The van der Waals surface area contributed by atoms with Crippen molar-refractivity contribution in [2.45, 2.75) is 38.2 Å². The number of carbonyl (C=O) groups excluding carboxylic acids is 2. The highest BCUT2D eigenvalue weighted by molar-refractivity contribution is 7.92. The highest BCUT2D eigenvalue weighted by Gasteiger charge is 2.37. The number of hydrogen-bond acceptors (Lipinski definition) is 5. The molecule has 2 amide bonds. The number of ether oxygens (including phenoxy) is 1. The zero-order valence-electron chi connectivity index (χ0n) is 20.2. The van der Waals surface area contributed by atoms with Crippen LogP contribution in [0.2, 0.25) is 0 Å². The van der Waals surface area contributed by atoms with Gasteiger partial charge in [-0.1, -0.05) is 61.5 Å². The highest BCUT2D eigenvalue weighted by Crippen LogP contribution is 2.36. The molecule has 36 heavy (non-hydrogen) atoms. The Morgan fingerprint density at radius 1 is 1.00 bits per heavy atom. The fourth-order valence-electron chi connectivity index (χ4n) is 3.87. The smallest absolute Gasteiger partial charge is 0.267 e. The van der Waals surface area contributed by atoms with Crippen molar-refractivity contribution in [1.29, 1.82) is 0 Å². The molecule has 0 spiro atoms. The van der Waals surface area contributed by atoms with Crippen LogP contribution in [0.3, 0.4) is 0 Å². The Labute approximate surface area is 211 Å². The number of para-hydroxylation sites is 3. The molecule has 0 unspecified atom stereocenters. The largest absolute Gasteiger partial charge is 0.476 e. The van der Waals surface area contributed by atoms with Crippen LogP contribution in [0.4, 0.5) is 11.4 Å². The van der Waals surface area contributed by atoms with Crippen LogP contribution < -0.4 is 19.7 Å². The highest BCUT2D eigenvalue weighted by atomic mass is 32.2. The number of sulfonamides is 1. The van der Waals surface area contributed by atoms with E-state index < -0.39 is 22.0 Å². The SMILES string of the molecule is CC[C@H](C)NC(=O)c1ccccc1NC(=O)[C@H]1CN(S(=O)(=O)Cc2ccccc2)c2ccccc2O1. The van der Waals surface area contributed by atoms with Crippen molar-refractivity contribution in [3.63, 3.8) is 0 Å². The van der Waals surface area contributed by atoms with Gasteiger partial charge in [-0.25, -0.2) is 8.42 Å². The fourth-order valence-corrected chi connectivity index (χ4v) is 5.45. The summed E-state index contributed by atoms with van der Waals surface area (Å²) in [4.78, 5) is 26.0. The number of hydrogen-bond donors (Lipinski definition) is 2. The maximum Gasteiger partial charge on any atom is 0.267 e. The molecule has 2 atom stereocenters. The Hall–Kier alpha value is -3.85. The molecule has 2 N–H and O–H groups in total. The lowest BCUT2D eigenvalue weighted by molar-refractivity contribution is -0.122. The summed E-state index contributed by atoms with van der Waals surface area (Å²) in [5.41, 5.74) is 1.66. The van der Waals surface area contributed by atoms with E-state index in [-0.39, 0.29) is 24.2 Å². The molecule has 0 aliphatic carbocycles. The van der Waals surface area contributed by atoms with Crippen LogP contribution in [-0.2, 0) is 20.6 Å². The molecule has 0 bridgehead atoms. The van der Waals surface area contributed by atoms with E-state index in [0.29, 0.717) is 28.3 Å². The summed E-state index contributed by atoms with van der Waals surface area (Å²) in [6.45, 7) is 3.67. The Balaban J connectivity index is 1.58. The summed E-state index contributed by atoms with van der Waals surface area (Å²) in [5, 5.41) is 5.65. The molecule has 0 aromatic heterocycles. The second kappa shape index (κ2) is 10.8. The van der Waals surface area contributed by atoms with Gasteiger partial charge in [-0.05, 0) is 43.2 Å². The third-order valence-electron chi connectivity index (χ3n) is 5.97. The minimum atomic E-state index is -3.82. The van der Waals surface area contributed by atoms with Crippen LogP contribution in [0, 0.1) is 0 Å². The van der Waals surface area contributed by atoms with E-state index in [0.717, 1.165) is 6.42 Å². The summed E-state index contributed by atoms with van der Waals surface area (Å²) in [6.07, 6.45) is -0.348. The van der Waals surface area contributed by atoms with Crippen molar-refractivity contribution in [3.05, 3.63) is 90.0 Å². The average molecular weight is 508 g/mol. The third kappa shape index (κ3) is 5.68. The number of amides is 2. The number of benzene rings is 3. The van der Waals surface area contributed by atoms with E-state index in [1.807, 2.05) is 19.9 Å². The van der Waals surface area contributed by atoms with Gasteiger partial charge in [-0.3, -0.25) is 13.9 Å². The first-order valence-corrected chi connectivity index (χ1v) is 13.4. The minimum Gasteiger partial charge on any atom is -0.476 e. The van der Waals surface area contributed by atoms with Crippen molar-refractivity contribution in [1.82, 2.24) is 5.32 Å². The maximum atomic E-state index is 13.4. The summed E-state index contributed by atoms with van der Waals surface area (Å²) in [7, 11) is -3.82. The normalized spacial score (nSPS) is 15.8. The van der Waals surface area contributed by atoms with Crippen molar-refractivity contribution in [2.75, 3.05) is 16.2 Å². The first-order valence-electron chi connectivity index (χ1n) is 11.8. The predicted octanol–water partition coefficient (Wildman–Crippen LogP) is 3.95. The number of anilines is 2. The Kier molecular flexibility index (Phi) is 7.59. The second-order valence-corrected chi connectivity index (χ2v) is 10.6. The third-order valence-corrected chi connectivity index (χ3v) is 7.69. The number of fused-ring (bicyclic) bond motifs is 1. The molecular weight excluding hydrogens is 478 g/mol. The lowest BCUT2D eigenvalue weighted by Gasteiger charge is -2.34. The fraction of sp³-hybridized carbons (Fsp3) is 0.259. The quantitative estimate of drug-likeness (QED) is 0.480. The molecule has 1 aliphatic rings. The minimum absolute atomic E-state index is 0.0252. The van der Waals surface area contributed by atoms with Gasteiger partial charge >= 0.3 is 0 Å². The van der Waals surface area contributed by atoms with Crippen molar-refractivity contribution < 1.29 is 22.7 Å². The number of rotatable bonds is 8. The van der Waals surface area contributed by atoms with E-state index >= 15 is 0 Å². The Morgan fingerprint density at radius 3 is 2.42 bits per heavy atom. The monoisotopic (exact) mass is 507 g/mol. The van der Waals surface area contributed by atoms with E-state index in [1.165, 1.54) is 4.31 Å². The molecule has 0 fully saturated rings. The van der Waals surface area contributed by atoms with E-state index in [2.05, 4.69) is 10.6 Å². The molecule has 1 heterocycles. The molecule has 0 radical (unpaired) electrons. The van der Waals surface area contributed by atoms with E-state index in [1.54, 1.807) is 72.8 Å². The molecule has 8 nitrogen and oxygen atoms in total. The van der Waals surface area contributed by atoms with Crippen LogP contribution in [0.25, 0.3) is 0 Å². The summed E-state index contributed by atoms with van der Waals surface area (Å²) < 4.78 is 33.9. The zero-order valence-corrected chi connectivity index (χ0v) is 21.0. The maximum absolute atomic E-state index is 13.4. The van der Waals surface area contributed by atoms with Gasteiger partial charge in [0.25, 0.3) is 11.8 Å². The Morgan fingerprint density at radius 2 is 1.67 bits per heavy atom. The van der Waals surface area contributed by atoms with E-state index in [9.17, 15) is 18.0 Å². The van der Waals surface area contributed by atoms with Gasteiger partial charge in [0, 0.05) is 6.04 Å². The molecule has 188 valence electrons. The van der Waals surface area contributed by atoms with Gasteiger partial charge < -0.3 is 15.4 Å². The molecule has 1 aliphatic heterocycles. The van der Waals surface area contributed by atoms with Gasteiger partial charge in [0.1, 0.15) is 5.75 Å². The predicted molar refractivity (Wildman–Crippen MR) is 140 cm³/mol. The lowest BCUT2D eigenvalue weighted by atomic mass is 10.1. The lowest BCUT2D eigenvalue weighted by Crippen LogP contribution is -2.49. The summed E-state index contributed by atoms with van der Waals surface area (Å²) >= 11 is 0. The molecule has 3 aromatic carbocycles. The van der Waals surface area contributed by atoms with Crippen molar-refractivity contribution in [3.8, 4) is 5.75 Å². The molecular formula is C27H29N3O5S. The average Bonchev–Trinajstić information content (AvgIpc) is 2.88. The number of nitrogens with one attached hydrogen (secondary N) is 2. The molecule has 0 saturated heterocycles. The van der Waals surface area contributed by atoms with E-state index in [4.69, 9.17) is 4.74 Å². The van der Waals surface area contributed by atoms with Gasteiger partial charge in [0.15, 0.2) is 6.10 Å². The number of nitrogens with zero attached hydrogens (tertiary/aromatic N) is 1. The van der Waals surface area contributed by atoms with Crippen molar-refractivity contribution >= 4 is 33.2 Å². The summed E-state index contributed by atoms with van der Waals surface area (Å²) in [5.74, 6) is -0.770. The standard InChI is InChI=1S/C27H29N3O5S/c1-3-19(2)28-26(31)21-13-7-8-14-22(21)29-27(32)25-17-30(23-15-9-10-16-24(23)35-25)36(33,34)18-20-11-5-4-6-12-20/h4-16,19,25H,3,17-18H2,1-2H3,(H,28,31)(H,29,32)/t19-,25+/m0/s1. The van der Waals surface area contributed by atoms with Crippen LogP contribution >= 0.6 is 0 Å². The zero-order chi connectivity index (χ0) is 25.7. The van der Waals surface area contributed by atoms with Crippen LogP contribution in [0.5, 0.6) is 5.75 Å². The topological polar surface area (TPSA) is 105 Å². The summed E-state index contributed by atoms with van der Waals surface area (Å²) in [6, 6.07) is 22.3. The van der Waals surface area contributed by atoms with Gasteiger partial charge in [-0.15, -0.1) is 0 Å². The Bertz CT molecular complexity index is 1340. The van der Waals surface area contributed by atoms with Crippen LogP contribution in [-0.4, -0.2) is 38.9 Å². The molecule has 4 rings (SSSR count). The first-order chi connectivity index (χ1) is 17.3. The van der Waals surface area contributed by atoms with Crippen LogP contribution in [0.1, 0.15) is 36.2 Å². The molecule has 0 saturated carbocycles. The van der Waals surface area contributed by atoms with Gasteiger partial charge in [-0.2, -0.15) is 0 Å². The molecule has 3 aromatic rings.